The van der Waals surface area contributed by atoms with Crippen molar-refractivity contribution in [2.45, 2.75) is 44.8 Å². The highest BCUT2D eigenvalue weighted by Gasteiger charge is 2.24. The third-order valence-electron chi connectivity index (χ3n) is 5.42. The molecule has 0 saturated heterocycles. The van der Waals surface area contributed by atoms with E-state index in [2.05, 4.69) is 26.2 Å². The van der Waals surface area contributed by atoms with Gasteiger partial charge >= 0.3 is 0 Å². The summed E-state index contributed by atoms with van der Waals surface area (Å²) >= 11 is 3.53. The molecule has 0 atom stereocenters. The van der Waals surface area contributed by atoms with Crippen LogP contribution in [0.3, 0.4) is 0 Å². The van der Waals surface area contributed by atoms with Gasteiger partial charge in [-0.05, 0) is 84.4 Å². The van der Waals surface area contributed by atoms with Gasteiger partial charge < -0.3 is 10.1 Å². The van der Waals surface area contributed by atoms with Gasteiger partial charge in [0.05, 0.1) is 11.6 Å². The normalized spacial score (nSPS) is 19.1. The van der Waals surface area contributed by atoms with E-state index in [4.69, 9.17) is 4.74 Å². The lowest BCUT2D eigenvalue weighted by molar-refractivity contribution is 0.0894. The minimum absolute atomic E-state index is 0.0787. The smallest absolute Gasteiger partial charge is 0.251 e. The molecule has 0 bridgehead atoms. The first kappa shape index (κ1) is 19.8. The molecule has 29 heavy (non-hydrogen) atoms. The number of rotatable bonds is 4. The largest absolute Gasteiger partial charge is 0.490 e. The lowest BCUT2D eigenvalue weighted by Gasteiger charge is -2.30. The van der Waals surface area contributed by atoms with Crippen molar-refractivity contribution in [3.63, 3.8) is 0 Å². The lowest BCUT2D eigenvalue weighted by atomic mass is 9.92. The molecule has 1 fully saturated rings. The van der Waals surface area contributed by atoms with Crippen LogP contribution in [0.15, 0.2) is 53.1 Å². The van der Waals surface area contributed by atoms with E-state index in [1.807, 2.05) is 24.3 Å². The highest BCUT2D eigenvalue weighted by Crippen LogP contribution is 2.31. The highest BCUT2D eigenvalue weighted by atomic mass is 79.9. The summed E-state index contributed by atoms with van der Waals surface area (Å²) in [5, 5.41) is 4.01. The maximum Gasteiger partial charge on any atom is 0.251 e. The fourth-order valence-electron chi connectivity index (χ4n) is 3.72. The Morgan fingerprint density at radius 1 is 1.17 bits per heavy atom. The lowest BCUT2D eigenvalue weighted by Crippen LogP contribution is -2.39. The summed E-state index contributed by atoms with van der Waals surface area (Å²) in [5.41, 5.74) is 1.78. The van der Waals surface area contributed by atoms with E-state index in [0.717, 1.165) is 46.8 Å². The number of hydrogen-bond acceptors (Lipinski definition) is 3. The Balaban J connectivity index is 1.36. The number of hydrogen-bond donors (Lipinski definition) is 1. The maximum absolute atomic E-state index is 13.7. The van der Waals surface area contributed by atoms with Crippen molar-refractivity contribution < 1.29 is 13.9 Å². The zero-order valence-electron chi connectivity index (χ0n) is 16.1. The van der Waals surface area contributed by atoms with Crippen molar-refractivity contribution in [1.82, 2.24) is 10.3 Å². The molecule has 1 aliphatic rings. The molecule has 4 nitrogen and oxygen atoms in total. The number of amides is 1. The molecule has 1 aromatic heterocycles. The van der Waals surface area contributed by atoms with Crippen molar-refractivity contribution in [2.24, 2.45) is 0 Å². The van der Waals surface area contributed by atoms with E-state index in [-0.39, 0.29) is 23.9 Å². The average Bonchev–Trinajstić information content (AvgIpc) is 2.72. The third kappa shape index (κ3) is 4.42. The van der Waals surface area contributed by atoms with E-state index >= 15 is 0 Å². The van der Waals surface area contributed by atoms with Crippen molar-refractivity contribution >= 4 is 32.7 Å². The molecule has 2 aromatic carbocycles. The second-order valence-electron chi connectivity index (χ2n) is 7.47. The number of carbonyl (C=O) groups excluding carboxylic acids is 1. The van der Waals surface area contributed by atoms with Crippen LogP contribution in [0, 0.1) is 12.7 Å². The Bertz CT molecular complexity index is 1050. The van der Waals surface area contributed by atoms with Crippen LogP contribution >= 0.6 is 15.9 Å². The minimum atomic E-state index is -0.356. The first-order valence-electron chi connectivity index (χ1n) is 9.78. The number of nitrogens with zero attached hydrogens (tertiary/aromatic N) is 1. The number of carbonyl (C=O) groups is 1. The summed E-state index contributed by atoms with van der Waals surface area (Å²) in [6, 6.07) is 12.5. The molecule has 1 N–H and O–H groups in total. The van der Waals surface area contributed by atoms with E-state index in [9.17, 15) is 9.18 Å². The fraction of sp³-hybridized carbons (Fsp3) is 0.304. The molecule has 1 aliphatic carbocycles. The predicted molar refractivity (Wildman–Crippen MR) is 115 cm³/mol. The fourth-order valence-corrected chi connectivity index (χ4v) is 4.19. The van der Waals surface area contributed by atoms with Crippen molar-refractivity contribution in [3.8, 4) is 5.75 Å². The molecule has 0 spiro atoms. The highest BCUT2D eigenvalue weighted by molar-refractivity contribution is 9.10. The monoisotopic (exact) mass is 456 g/mol. The van der Waals surface area contributed by atoms with Crippen LogP contribution in [0.1, 0.15) is 41.6 Å². The molecule has 150 valence electrons. The zero-order chi connectivity index (χ0) is 20.4. The third-order valence-corrected chi connectivity index (χ3v) is 6.06. The molecule has 4 rings (SSSR count). The van der Waals surface area contributed by atoms with Gasteiger partial charge in [-0.3, -0.25) is 9.78 Å². The summed E-state index contributed by atoms with van der Waals surface area (Å²) in [5.74, 6) is 0.253. The number of aromatic nitrogens is 1. The molecule has 3 aromatic rings. The van der Waals surface area contributed by atoms with Crippen LogP contribution in [-0.4, -0.2) is 23.0 Å². The second-order valence-corrected chi connectivity index (χ2v) is 8.33. The van der Waals surface area contributed by atoms with Crippen LogP contribution < -0.4 is 10.1 Å². The molecule has 0 unspecified atom stereocenters. The van der Waals surface area contributed by atoms with E-state index in [0.29, 0.717) is 11.1 Å². The minimum Gasteiger partial charge on any atom is -0.490 e. The number of nitrogens with one attached hydrogen (secondary N) is 1. The van der Waals surface area contributed by atoms with E-state index < -0.39 is 0 Å². The van der Waals surface area contributed by atoms with Crippen LogP contribution in [-0.2, 0) is 0 Å². The Kier molecular flexibility index (Phi) is 5.81. The topological polar surface area (TPSA) is 51.2 Å². The Labute approximate surface area is 177 Å². The van der Waals surface area contributed by atoms with E-state index in [1.54, 1.807) is 25.3 Å². The maximum atomic E-state index is 13.7. The molecular weight excluding hydrogens is 435 g/mol. The SMILES string of the molecule is Cc1ccc(C(=O)N[C@H]2CC[C@H](Oc3ccnc4c(Br)cccc34)CC2)cc1F. The number of fused-ring (bicyclic) bond motifs is 1. The van der Waals surface area contributed by atoms with E-state index in [1.165, 1.54) is 6.07 Å². The van der Waals surface area contributed by atoms with Gasteiger partial charge in [0.2, 0.25) is 0 Å². The molecule has 0 aliphatic heterocycles. The molecular formula is C23H22BrFN2O2. The van der Waals surface area contributed by atoms with Crippen LogP contribution in [0.2, 0.25) is 0 Å². The Morgan fingerprint density at radius 2 is 1.97 bits per heavy atom. The zero-order valence-corrected chi connectivity index (χ0v) is 17.7. The van der Waals surface area contributed by atoms with Crippen LogP contribution in [0.25, 0.3) is 10.9 Å². The van der Waals surface area contributed by atoms with Gasteiger partial charge in [0, 0.05) is 27.7 Å². The number of benzene rings is 2. The number of aryl methyl sites for hydroxylation is 1. The molecule has 1 heterocycles. The molecule has 6 heteroatoms. The van der Waals surface area contributed by atoms with Gasteiger partial charge in [-0.25, -0.2) is 4.39 Å². The summed E-state index contributed by atoms with van der Waals surface area (Å²) in [6.07, 6.45) is 5.23. The standard InChI is InChI=1S/C23H22BrFN2O2/c1-14-5-6-15(13-20(14)25)23(28)27-16-7-9-17(10-8-16)29-21-11-12-26-22-18(21)3-2-4-19(22)24/h2-6,11-13,16-17H,7-10H2,1H3,(H,27,28)/t16-,17-. The predicted octanol–water partition coefficient (Wildman–Crippen LogP) is 5.56. The summed E-state index contributed by atoms with van der Waals surface area (Å²) < 4.78 is 20.9. The van der Waals surface area contributed by atoms with Crippen LogP contribution in [0.4, 0.5) is 4.39 Å². The first-order valence-corrected chi connectivity index (χ1v) is 10.6. The Morgan fingerprint density at radius 3 is 2.72 bits per heavy atom. The summed E-state index contributed by atoms with van der Waals surface area (Å²) in [4.78, 5) is 16.8. The van der Waals surface area contributed by atoms with Crippen molar-refractivity contribution in [1.29, 1.82) is 0 Å². The van der Waals surface area contributed by atoms with Gasteiger partial charge in [-0.15, -0.1) is 0 Å². The first-order chi connectivity index (χ1) is 14.0. The van der Waals surface area contributed by atoms with Gasteiger partial charge in [0.25, 0.3) is 5.91 Å². The average molecular weight is 457 g/mol. The van der Waals surface area contributed by atoms with Gasteiger partial charge in [-0.1, -0.05) is 12.1 Å². The number of ether oxygens (including phenoxy) is 1. The number of halogens is 2. The van der Waals surface area contributed by atoms with Crippen molar-refractivity contribution in [3.05, 3.63) is 70.1 Å². The second kappa shape index (κ2) is 8.49. The summed E-state index contributed by atoms with van der Waals surface area (Å²) in [6.45, 7) is 1.68. The Hall–Kier alpha value is -2.47. The molecule has 1 saturated carbocycles. The molecule has 1 amide bonds. The quantitative estimate of drug-likeness (QED) is 0.558. The van der Waals surface area contributed by atoms with Gasteiger partial charge in [0.1, 0.15) is 11.6 Å². The van der Waals surface area contributed by atoms with Crippen LogP contribution in [0.5, 0.6) is 5.75 Å². The van der Waals surface area contributed by atoms with Crippen molar-refractivity contribution in [2.75, 3.05) is 0 Å². The summed E-state index contributed by atoms with van der Waals surface area (Å²) in [7, 11) is 0. The molecule has 0 radical (unpaired) electrons. The number of para-hydroxylation sites is 1. The van der Waals surface area contributed by atoms with Gasteiger partial charge in [-0.2, -0.15) is 0 Å². The number of pyridine rings is 1. The van der Waals surface area contributed by atoms with Gasteiger partial charge in [0.15, 0.2) is 0 Å².